The lowest BCUT2D eigenvalue weighted by Gasteiger charge is -1.99. The van der Waals surface area contributed by atoms with E-state index in [9.17, 15) is 4.39 Å². The van der Waals surface area contributed by atoms with Gasteiger partial charge in [0.15, 0.2) is 0 Å². The molecule has 1 aromatic heterocycles. The van der Waals surface area contributed by atoms with Crippen LogP contribution in [0, 0.1) is 5.82 Å². The summed E-state index contributed by atoms with van der Waals surface area (Å²) in [5.41, 5.74) is 1.56. The smallest absolute Gasteiger partial charge is 0.315 e. The Labute approximate surface area is 108 Å². The first-order valence-corrected chi connectivity index (χ1v) is 5.73. The van der Waals surface area contributed by atoms with Crippen LogP contribution < -0.4 is 5.32 Å². The summed E-state index contributed by atoms with van der Waals surface area (Å²) < 4.78 is 17.9. The molecule has 0 radical (unpaired) electrons. The van der Waals surface area contributed by atoms with Crippen molar-refractivity contribution < 1.29 is 8.91 Å². The number of hydrogen-bond donors (Lipinski definition) is 1. The van der Waals surface area contributed by atoms with E-state index in [4.69, 9.17) is 4.52 Å². The first-order chi connectivity index (χ1) is 9.31. The zero-order valence-corrected chi connectivity index (χ0v) is 9.88. The summed E-state index contributed by atoms with van der Waals surface area (Å²) >= 11 is 0. The van der Waals surface area contributed by atoms with Crippen molar-refractivity contribution in [2.24, 2.45) is 0 Å². The molecule has 19 heavy (non-hydrogen) atoms. The fourth-order valence-electron chi connectivity index (χ4n) is 1.64. The predicted molar refractivity (Wildman–Crippen MR) is 69.4 cm³/mol. The van der Waals surface area contributed by atoms with Gasteiger partial charge in [-0.05, 0) is 24.3 Å². The van der Waals surface area contributed by atoms with E-state index in [1.54, 1.807) is 12.1 Å². The SMILES string of the molecule is Fc1ccc(Nc2nc(-c3ccccc3)no2)cc1. The number of hydrogen-bond acceptors (Lipinski definition) is 4. The highest BCUT2D eigenvalue weighted by Gasteiger charge is 2.07. The van der Waals surface area contributed by atoms with Crippen molar-refractivity contribution in [2.75, 3.05) is 5.32 Å². The number of halogens is 1. The lowest BCUT2D eigenvalue weighted by atomic mass is 10.2. The Balaban J connectivity index is 1.80. The molecule has 1 heterocycles. The number of aromatic nitrogens is 2. The van der Waals surface area contributed by atoms with Crippen LogP contribution in [0.2, 0.25) is 0 Å². The summed E-state index contributed by atoms with van der Waals surface area (Å²) in [5, 5.41) is 6.79. The van der Waals surface area contributed by atoms with E-state index >= 15 is 0 Å². The first-order valence-electron chi connectivity index (χ1n) is 5.73. The molecule has 4 nitrogen and oxygen atoms in total. The van der Waals surface area contributed by atoms with Crippen molar-refractivity contribution >= 4 is 11.7 Å². The topological polar surface area (TPSA) is 51.0 Å². The maximum absolute atomic E-state index is 12.8. The molecule has 94 valence electrons. The second kappa shape index (κ2) is 4.89. The van der Waals surface area contributed by atoms with Gasteiger partial charge in [-0.25, -0.2) is 4.39 Å². The monoisotopic (exact) mass is 255 g/mol. The minimum absolute atomic E-state index is 0.269. The summed E-state index contributed by atoms with van der Waals surface area (Å²) in [5.74, 6) is 0.214. The van der Waals surface area contributed by atoms with Gasteiger partial charge in [-0.3, -0.25) is 0 Å². The molecule has 3 aromatic rings. The van der Waals surface area contributed by atoms with Crippen LogP contribution in [-0.2, 0) is 0 Å². The average Bonchev–Trinajstić information content (AvgIpc) is 2.91. The third kappa shape index (κ3) is 2.60. The highest BCUT2D eigenvalue weighted by Crippen LogP contribution is 2.20. The van der Waals surface area contributed by atoms with Crippen molar-refractivity contribution in [3.63, 3.8) is 0 Å². The zero-order valence-electron chi connectivity index (χ0n) is 9.88. The molecule has 0 aliphatic carbocycles. The highest BCUT2D eigenvalue weighted by atomic mass is 19.1. The Morgan fingerprint density at radius 2 is 1.68 bits per heavy atom. The maximum Gasteiger partial charge on any atom is 0.326 e. The third-order valence-electron chi connectivity index (χ3n) is 2.55. The maximum atomic E-state index is 12.8. The van der Waals surface area contributed by atoms with Gasteiger partial charge in [-0.2, -0.15) is 4.98 Å². The number of benzene rings is 2. The fourth-order valence-corrected chi connectivity index (χ4v) is 1.64. The van der Waals surface area contributed by atoms with Gasteiger partial charge in [-0.15, -0.1) is 0 Å². The van der Waals surface area contributed by atoms with Gasteiger partial charge in [0.25, 0.3) is 0 Å². The fraction of sp³-hybridized carbons (Fsp3) is 0. The van der Waals surface area contributed by atoms with E-state index in [1.165, 1.54) is 12.1 Å². The lowest BCUT2D eigenvalue weighted by molar-refractivity contribution is 0.435. The summed E-state index contributed by atoms with van der Waals surface area (Å²) in [6.07, 6.45) is 0. The molecule has 0 aliphatic rings. The van der Waals surface area contributed by atoms with Crippen LogP contribution in [-0.4, -0.2) is 10.1 Å². The van der Waals surface area contributed by atoms with Gasteiger partial charge in [0, 0.05) is 11.3 Å². The normalized spacial score (nSPS) is 10.4. The highest BCUT2D eigenvalue weighted by molar-refractivity contribution is 5.57. The van der Waals surface area contributed by atoms with Crippen molar-refractivity contribution in [1.29, 1.82) is 0 Å². The molecule has 1 N–H and O–H groups in total. The Kier molecular flexibility index (Phi) is 2.94. The van der Waals surface area contributed by atoms with Crippen molar-refractivity contribution in [3.05, 3.63) is 60.4 Å². The zero-order chi connectivity index (χ0) is 13.1. The molecule has 0 bridgehead atoms. The minimum Gasteiger partial charge on any atom is -0.315 e. The summed E-state index contributed by atoms with van der Waals surface area (Å²) in [4.78, 5) is 4.22. The quantitative estimate of drug-likeness (QED) is 0.776. The van der Waals surface area contributed by atoms with Gasteiger partial charge in [0.2, 0.25) is 5.82 Å². The Morgan fingerprint density at radius 3 is 2.42 bits per heavy atom. The molecule has 0 saturated carbocycles. The number of anilines is 2. The molecule has 0 spiro atoms. The van der Waals surface area contributed by atoms with E-state index < -0.39 is 0 Å². The van der Waals surface area contributed by atoms with Crippen LogP contribution in [0.3, 0.4) is 0 Å². The van der Waals surface area contributed by atoms with E-state index in [0.717, 1.165) is 5.56 Å². The molecule has 0 aliphatic heterocycles. The van der Waals surface area contributed by atoms with Crippen LogP contribution in [0.5, 0.6) is 0 Å². The van der Waals surface area contributed by atoms with Crippen molar-refractivity contribution in [1.82, 2.24) is 10.1 Å². The Bertz CT molecular complexity index is 665. The van der Waals surface area contributed by atoms with Crippen LogP contribution in [0.1, 0.15) is 0 Å². The van der Waals surface area contributed by atoms with Gasteiger partial charge in [0.05, 0.1) is 0 Å². The lowest BCUT2D eigenvalue weighted by Crippen LogP contribution is -1.90. The molecular formula is C14H10FN3O. The third-order valence-corrected chi connectivity index (χ3v) is 2.55. The van der Waals surface area contributed by atoms with Crippen LogP contribution >= 0.6 is 0 Å². The Morgan fingerprint density at radius 1 is 0.947 bits per heavy atom. The van der Waals surface area contributed by atoms with Crippen LogP contribution in [0.4, 0.5) is 16.1 Å². The van der Waals surface area contributed by atoms with Gasteiger partial charge in [0.1, 0.15) is 5.82 Å². The van der Waals surface area contributed by atoms with Crippen LogP contribution in [0.25, 0.3) is 11.4 Å². The molecule has 0 fully saturated rings. The second-order valence-electron chi connectivity index (χ2n) is 3.92. The largest absolute Gasteiger partial charge is 0.326 e. The molecule has 5 heteroatoms. The predicted octanol–water partition coefficient (Wildman–Crippen LogP) is 3.62. The average molecular weight is 255 g/mol. The van der Waals surface area contributed by atoms with Gasteiger partial charge < -0.3 is 9.84 Å². The number of nitrogens with zero attached hydrogens (tertiary/aromatic N) is 2. The van der Waals surface area contributed by atoms with Gasteiger partial charge >= 0.3 is 6.01 Å². The van der Waals surface area contributed by atoms with E-state index in [-0.39, 0.29) is 11.8 Å². The van der Waals surface area contributed by atoms with E-state index in [0.29, 0.717) is 11.5 Å². The second-order valence-corrected chi connectivity index (χ2v) is 3.92. The standard InChI is InChI=1S/C14H10FN3O/c15-11-6-8-12(9-7-11)16-14-17-13(18-19-14)10-4-2-1-3-5-10/h1-9H,(H,16,17,18). The molecule has 0 unspecified atom stereocenters. The minimum atomic E-state index is -0.291. The Hall–Kier alpha value is -2.69. The van der Waals surface area contributed by atoms with Crippen LogP contribution in [0.15, 0.2) is 59.1 Å². The molecule has 0 atom stereocenters. The first kappa shape index (κ1) is 11.4. The van der Waals surface area contributed by atoms with Crippen molar-refractivity contribution in [2.45, 2.75) is 0 Å². The summed E-state index contributed by atoms with van der Waals surface area (Å²) in [6, 6.07) is 15.7. The molecule has 2 aromatic carbocycles. The molecule has 0 amide bonds. The van der Waals surface area contributed by atoms with E-state index in [2.05, 4.69) is 15.5 Å². The molecule has 0 saturated heterocycles. The molecular weight excluding hydrogens is 245 g/mol. The number of nitrogens with one attached hydrogen (secondary N) is 1. The summed E-state index contributed by atoms with van der Waals surface area (Å²) in [7, 11) is 0. The number of rotatable bonds is 3. The summed E-state index contributed by atoms with van der Waals surface area (Å²) in [6.45, 7) is 0. The van der Waals surface area contributed by atoms with Crippen molar-refractivity contribution in [3.8, 4) is 11.4 Å². The van der Waals surface area contributed by atoms with Gasteiger partial charge in [-0.1, -0.05) is 35.5 Å². The van der Waals surface area contributed by atoms with E-state index in [1.807, 2.05) is 30.3 Å². The molecule has 3 rings (SSSR count).